The summed E-state index contributed by atoms with van der Waals surface area (Å²) in [6.45, 7) is 4.83. The number of phenolic OH excluding ortho intramolecular Hbond substituents is 1. The molecule has 4 heterocycles. The number of carbonyl (C=O) groups excluding carboxylic acids is 2. The van der Waals surface area contributed by atoms with Gasteiger partial charge in [0.2, 0.25) is 5.56 Å². The van der Waals surface area contributed by atoms with Gasteiger partial charge in [-0.3, -0.25) is 14.5 Å². The number of nitrogens with one attached hydrogen (secondary N) is 3. The van der Waals surface area contributed by atoms with Crippen LogP contribution in [-0.4, -0.2) is 82.4 Å². The number of aliphatic hydroxyl groups is 1. The predicted molar refractivity (Wildman–Crippen MR) is 238 cm³/mol. The monoisotopic (exact) mass is 835 g/mol. The first kappa shape index (κ1) is 42.2. The Morgan fingerprint density at radius 3 is 2.35 bits per heavy atom. The number of nitrogens with zero attached hydrogens (tertiary/aromatic N) is 2. The Kier molecular flexibility index (Phi) is 13.6. The van der Waals surface area contributed by atoms with Crippen LogP contribution in [0.25, 0.3) is 10.9 Å². The van der Waals surface area contributed by atoms with Crippen LogP contribution in [0.5, 0.6) is 11.5 Å². The molecule has 3 aliphatic heterocycles. The Labute approximate surface area is 361 Å². The number of fused-ring (bicyclic) bond motifs is 4. The van der Waals surface area contributed by atoms with Gasteiger partial charge < -0.3 is 40.2 Å². The Morgan fingerprint density at radius 1 is 0.839 bits per heavy atom. The van der Waals surface area contributed by atoms with Crippen molar-refractivity contribution in [2.45, 2.75) is 50.7 Å². The number of pyridine rings is 1. The first-order valence-corrected chi connectivity index (χ1v) is 21.4. The number of hydrogen-bond donors (Lipinski definition) is 5. The van der Waals surface area contributed by atoms with E-state index in [4.69, 9.17) is 9.47 Å². The van der Waals surface area contributed by atoms with Gasteiger partial charge in [0.05, 0.1) is 17.7 Å². The molecule has 2 bridgehead atoms. The zero-order chi connectivity index (χ0) is 42.8. The van der Waals surface area contributed by atoms with Crippen molar-refractivity contribution in [3.8, 4) is 11.5 Å². The molecule has 0 spiro atoms. The quantitative estimate of drug-likeness (QED) is 0.0607. The van der Waals surface area contributed by atoms with Crippen molar-refractivity contribution in [3.63, 3.8) is 0 Å². The number of alkyl carbamates (subject to hydrolysis) is 1. The van der Waals surface area contributed by atoms with Gasteiger partial charge in [0.15, 0.2) is 0 Å². The Balaban J connectivity index is 0.894. The maximum absolute atomic E-state index is 14.1. The van der Waals surface area contributed by atoms with Gasteiger partial charge in [-0.2, -0.15) is 0 Å². The number of rotatable bonds is 17. The van der Waals surface area contributed by atoms with E-state index >= 15 is 0 Å². The van der Waals surface area contributed by atoms with E-state index in [9.17, 15) is 24.6 Å². The third-order valence-corrected chi connectivity index (χ3v) is 11.9. The van der Waals surface area contributed by atoms with Crippen molar-refractivity contribution in [1.29, 1.82) is 0 Å². The van der Waals surface area contributed by atoms with E-state index in [1.54, 1.807) is 12.1 Å². The van der Waals surface area contributed by atoms with Crippen LogP contribution in [0.15, 0.2) is 138 Å². The van der Waals surface area contributed by atoms with Crippen LogP contribution >= 0.6 is 0 Å². The lowest BCUT2D eigenvalue weighted by Gasteiger charge is -2.43. The molecule has 12 heteroatoms. The van der Waals surface area contributed by atoms with Crippen molar-refractivity contribution >= 4 is 22.9 Å². The van der Waals surface area contributed by atoms with Gasteiger partial charge in [0.1, 0.15) is 24.2 Å². The highest BCUT2D eigenvalue weighted by molar-refractivity contribution is 5.94. The molecule has 62 heavy (non-hydrogen) atoms. The standard InChI is InChI=1S/C50H53N5O7/c56-43-20-18-41(42-19-21-46(58)52-48(42)43)44(57)30-51-24-9-25-55(31-34-10-3-1-4-11-34)49(59)39-16-7-12-35(28-39)33-61-40-17-8-15-38(29-40)47(37-13-5-2-6-14-37)53-50(60)62-45-32-54-26-22-36(45)23-27-54/h1-8,10-21,28-29,36,44-45,47,51,56-57H,9,22-27,30-33H2,(H,52,58)(H,53,60)/t44-,45-,47-/m0/s1. The second-order valence-corrected chi connectivity index (χ2v) is 16.2. The van der Waals surface area contributed by atoms with E-state index in [0.717, 1.165) is 54.7 Å². The predicted octanol–water partition coefficient (Wildman–Crippen LogP) is 7.08. The molecule has 5 N–H and O–H groups in total. The largest absolute Gasteiger partial charge is 0.506 e. The van der Waals surface area contributed by atoms with Gasteiger partial charge >= 0.3 is 6.09 Å². The van der Waals surface area contributed by atoms with Crippen molar-refractivity contribution in [3.05, 3.63) is 177 Å². The first-order valence-electron chi connectivity index (χ1n) is 21.4. The number of aliphatic hydroxyl groups excluding tert-OH is 1. The molecule has 1 aromatic heterocycles. The number of carbonyl (C=O) groups is 2. The van der Waals surface area contributed by atoms with Crippen LogP contribution in [-0.2, 0) is 17.9 Å². The number of aromatic amines is 1. The maximum Gasteiger partial charge on any atom is 0.408 e. The molecule has 3 saturated heterocycles. The average Bonchev–Trinajstić information content (AvgIpc) is 3.31. The molecule has 3 aliphatic rings. The molecular weight excluding hydrogens is 783 g/mol. The summed E-state index contributed by atoms with van der Waals surface area (Å²) in [5.41, 5.74) is 4.71. The smallest absolute Gasteiger partial charge is 0.408 e. The zero-order valence-corrected chi connectivity index (χ0v) is 34.6. The summed E-state index contributed by atoms with van der Waals surface area (Å²) in [6.07, 6.45) is 1.33. The van der Waals surface area contributed by atoms with Gasteiger partial charge in [-0.25, -0.2) is 4.79 Å². The van der Waals surface area contributed by atoms with Crippen molar-refractivity contribution in [2.75, 3.05) is 39.3 Å². The van der Waals surface area contributed by atoms with Crippen molar-refractivity contribution < 1.29 is 29.3 Å². The van der Waals surface area contributed by atoms with Crippen LogP contribution in [0, 0.1) is 5.92 Å². The summed E-state index contributed by atoms with van der Waals surface area (Å²) in [7, 11) is 0. The highest BCUT2D eigenvalue weighted by Crippen LogP contribution is 2.32. The van der Waals surface area contributed by atoms with Gasteiger partial charge in [-0.15, -0.1) is 0 Å². The fraction of sp³-hybridized carbons (Fsp3) is 0.300. The number of hydrogen-bond acceptors (Lipinski definition) is 9. The lowest BCUT2D eigenvalue weighted by molar-refractivity contribution is -0.0336. The van der Waals surface area contributed by atoms with Gasteiger partial charge in [0.25, 0.3) is 5.91 Å². The molecule has 12 nitrogen and oxygen atoms in total. The number of benzene rings is 5. The van der Waals surface area contributed by atoms with E-state index < -0.39 is 18.2 Å². The summed E-state index contributed by atoms with van der Waals surface area (Å²) < 4.78 is 12.3. The van der Waals surface area contributed by atoms with Crippen LogP contribution in [0.3, 0.4) is 0 Å². The molecular formula is C50H53N5O7. The molecule has 9 rings (SSSR count). The van der Waals surface area contributed by atoms with E-state index in [-0.39, 0.29) is 42.0 Å². The highest BCUT2D eigenvalue weighted by atomic mass is 16.6. The summed E-state index contributed by atoms with van der Waals surface area (Å²) in [5, 5.41) is 28.2. The summed E-state index contributed by atoms with van der Waals surface area (Å²) >= 11 is 0. The minimum absolute atomic E-state index is 0.0610. The number of aromatic hydroxyl groups is 1. The number of aromatic nitrogens is 1. The summed E-state index contributed by atoms with van der Waals surface area (Å²) in [4.78, 5) is 46.2. The number of ether oxygens (including phenoxy) is 2. The van der Waals surface area contributed by atoms with Crippen LogP contribution in [0.4, 0.5) is 4.79 Å². The SMILES string of the molecule is O=C(N[C@@H](c1ccccc1)c1cccc(OCc2cccc(C(=O)N(CCCNC[C@H](O)c3ccc(O)c4[nH]c(=O)ccc34)Cc3ccccc3)c2)c1)O[C@H]1CN2CCC1CC2. The summed E-state index contributed by atoms with van der Waals surface area (Å²) in [5.74, 6) is 0.868. The van der Waals surface area contributed by atoms with E-state index in [1.807, 2.05) is 114 Å². The number of H-pyrrole nitrogens is 1. The topological polar surface area (TPSA) is 156 Å². The lowest BCUT2D eigenvalue weighted by Crippen LogP contribution is -2.52. The Bertz CT molecular complexity index is 2510. The Morgan fingerprint density at radius 2 is 1.58 bits per heavy atom. The minimum Gasteiger partial charge on any atom is -0.506 e. The molecule has 3 atom stereocenters. The van der Waals surface area contributed by atoms with E-state index in [0.29, 0.717) is 54.2 Å². The molecule has 2 amide bonds. The molecule has 5 aromatic carbocycles. The molecule has 0 saturated carbocycles. The Hall–Kier alpha value is -6.47. The van der Waals surface area contributed by atoms with Crippen LogP contribution in [0.2, 0.25) is 0 Å². The fourth-order valence-electron chi connectivity index (χ4n) is 8.61. The molecule has 0 radical (unpaired) electrons. The van der Waals surface area contributed by atoms with Crippen molar-refractivity contribution in [2.24, 2.45) is 5.92 Å². The number of amides is 2. The molecule has 320 valence electrons. The third-order valence-electron chi connectivity index (χ3n) is 11.9. The van der Waals surface area contributed by atoms with E-state index in [2.05, 4.69) is 20.5 Å². The summed E-state index contributed by atoms with van der Waals surface area (Å²) in [6, 6.07) is 40.5. The molecule has 0 aliphatic carbocycles. The first-order chi connectivity index (χ1) is 30.3. The number of piperidine rings is 3. The van der Waals surface area contributed by atoms with Gasteiger partial charge in [0, 0.05) is 43.2 Å². The van der Waals surface area contributed by atoms with Gasteiger partial charge in [-0.1, -0.05) is 91.0 Å². The minimum atomic E-state index is -0.885. The highest BCUT2D eigenvalue weighted by Gasteiger charge is 2.37. The molecule has 6 aromatic rings. The fourth-order valence-corrected chi connectivity index (χ4v) is 8.61. The molecule has 0 unspecified atom stereocenters. The maximum atomic E-state index is 14.1. The third kappa shape index (κ3) is 10.5. The zero-order valence-electron chi connectivity index (χ0n) is 34.6. The second-order valence-electron chi connectivity index (χ2n) is 16.2. The lowest BCUT2D eigenvalue weighted by atomic mass is 9.86. The van der Waals surface area contributed by atoms with Crippen molar-refractivity contribution in [1.82, 2.24) is 25.4 Å². The van der Waals surface area contributed by atoms with Gasteiger partial charge in [-0.05, 0) is 109 Å². The second kappa shape index (κ2) is 19.9. The van der Waals surface area contributed by atoms with Crippen LogP contribution < -0.4 is 20.9 Å². The average molecular weight is 836 g/mol. The normalized spacial score (nSPS) is 17.9. The van der Waals surface area contributed by atoms with Crippen LogP contribution in [0.1, 0.15) is 69.6 Å². The number of phenols is 1. The molecule has 3 fully saturated rings. The van der Waals surface area contributed by atoms with E-state index in [1.165, 1.54) is 12.1 Å².